The van der Waals surface area contributed by atoms with Crippen molar-refractivity contribution in [2.75, 3.05) is 39.9 Å². The van der Waals surface area contributed by atoms with Crippen molar-refractivity contribution in [3.63, 3.8) is 0 Å². The largest absolute Gasteiger partial charge is 0.497 e. The Bertz CT molecular complexity index is 510. The molecule has 1 heterocycles. The van der Waals surface area contributed by atoms with Gasteiger partial charge in [-0.05, 0) is 43.5 Å². The molecule has 1 fully saturated rings. The van der Waals surface area contributed by atoms with Crippen LogP contribution in [0.4, 0.5) is 4.39 Å². The number of hydrogen-bond donors (Lipinski definition) is 1. The number of aliphatic hydroxyl groups excluding tert-OH is 1. The zero-order chi connectivity index (χ0) is 17.5. The SMILES string of the molecule is COc1ccc(F)c(CN2CCN(CCC(C)C)C(CCO)C2)c1. The van der Waals surface area contributed by atoms with Crippen LogP contribution in [0.3, 0.4) is 0 Å². The maximum absolute atomic E-state index is 14.1. The molecule has 24 heavy (non-hydrogen) atoms. The van der Waals surface area contributed by atoms with Gasteiger partial charge in [0.25, 0.3) is 0 Å². The van der Waals surface area contributed by atoms with Gasteiger partial charge in [-0.3, -0.25) is 9.80 Å². The number of halogens is 1. The summed E-state index contributed by atoms with van der Waals surface area (Å²) in [4.78, 5) is 4.76. The molecule has 5 heteroatoms. The lowest BCUT2D eigenvalue weighted by molar-refractivity contribution is 0.0518. The molecule has 1 saturated heterocycles. The number of piperazine rings is 1. The van der Waals surface area contributed by atoms with Gasteiger partial charge in [0.2, 0.25) is 0 Å². The summed E-state index contributed by atoms with van der Waals surface area (Å²) in [5, 5.41) is 9.38. The molecule has 0 spiro atoms. The van der Waals surface area contributed by atoms with Crippen molar-refractivity contribution in [3.05, 3.63) is 29.6 Å². The fourth-order valence-corrected chi connectivity index (χ4v) is 3.28. The highest BCUT2D eigenvalue weighted by Gasteiger charge is 2.26. The smallest absolute Gasteiger partial charge is 0.127 e. The molecule has 4 nitrogen and oxygen atoms in total. The molecule has 1 atom stereocenters. The van der Waals surface area contributed by atoms with Gasteiger partial charge in [0, 0.05) is 44.4 Å². The fourth-order valence-electron chi connectivity index (χ4n) is 3.28. The molecule has 1 aliphatic rings. The van der Waals surface area contributed by atoms with Crippen molar-refractivity contribution < 1.29 is 14.2 Å². The molecule has 0 bridgehead atoms. The zero-order valence-electron chi connectivity index (χ0n) is 15.2. The molecule has 1 aromatic carbocycles. The van der Waals surface area contributed by atoms with Gasteiger partial charge in [0.15, 0.2) is 0 Å². The Labute approximate surface area is 145 Å². The van der Waals surface area contributed by atoms with Crippen molar-refractivity contribution in [1.29, 1.82) is 0 Å². The molecular formula is C19H31FN2O2. The van der Waals surface area contributed by atoms with Crippen LogP contribution in [0.15, 0.2) is 18.2 Å². The van der Waals surface area contributed by atoms with Crippen molar-refractivity contribution in [3.8, 4) is 5.75 Å². The van der Waals surface area contributed by atoms with E-state index in [-0.39, 0.29) is 12.4 Å². The highest BCUT2D eigenvalue weighted by molar-refractivity contribution is 5.29. The first-order chi connectivity index (χ1) is 11.5. The number of hydrogen-bond acceptors (Lipinski definition) is 4. The third-order valence-electron chi connectivity index (χ3n) is 4.79. The van der Waals surface area contributed by atoms with Crippen LogP contribution >= 0.6 is 0 Å². The Hall–Kier alpha value is -1.17. The molecular weight excluding hydrogens is 307 g/mol. The summed E-state index contributed by atoms with van der Waals surface area (Å²) in [5.41, 5.74) is 0.674. The third kappa shape index (κ3) is 5.43. The third-order valence-corrected chi connectivity index (χ3v) is 4.79. The van der Waals surface area contributed by atoms with E-state index in [4.69, 9.17) is 4.74 Å². The van der Waals surface area contributed by atoms with Gasteiger partial charge in [-0.1, -0.05) is 13.8 Å². The van der Waals surface area contributed by atoms with Crippen molar-refractivity contribution in [1.82, 2.24) is 9.80 Å². The quantitative estimate of drug-likeness (QED) is 0.791. The summed E-state index contributed by atoms with van der Waals surface area (Å²) in [6.45, 7) is 9.11. The van der Waals surface area contributed by atoms with E-state index in [1.165, 1.54) is 12.5 Å². The summed E-state index contributed by atoms with van der Waals surface area (Å²) >= 11 is 0. The fraction of sp³-hybridized carbons (Fsp3) is 0.684. The maximum atomic E-state index is 14.1. The number of nitrogens with zero attached hydrogens (tertiary/aromatic N) is 2. The van der Waals surface area contributed by atoms with Crippen LogP contribution < -0.4 is 4.74 Å². The van der Waals surface area contributed by atoms with Gasteiger partial charge in [0.1, 0.15) is 11.6 Å². The lowest BCUT2D eigenvalue weighted by Gasteiger charge is -2.41. The van der Waals surface area contributed by atoms with E-state index >= 15 is 0 Å². The topological polar surface area (TPSA) is 35.9 Å². The normalized spacial score (nSPS) is 19.8. The molecule has 136 valence electrons. The summed E-state index contributed by atoms with van der Waals surface area (Å²) in [6, 6.07) is 5.24. The first-order valence-corrected chi connectivity index (χ1v) is 8.93. The van der Waals surface area contributed by atoms with Gasteiger partial charge in [0.05, 0.1) is 7.11 Å². The highest BCUT2D eigenvalue weighted by Crippen LogP contribution is 2.21. The van der Waals surface area contributed by atoms with E-state index in [2.05, 4.69) is 23.6 Å². The van der Waals surface area contributed by atoms with Crippen LogP contribution in [-0.2, 0) is 6.54 Å². The predicted octanol–water partition coefficient (Wildman–Crippen LogP) is 2.75. The number of benzene rings is 1. The van der Waals surface area contributed by atoms with Gasteiger partial charge in [-0.2, -0.15) is 0 Å². The number of rotatable bonds is 8. The Kier molecular flexibility index (Phi) is 7.46. The molecule has 1 aliphatic heterocycles. The molecule has 1 unspecified atom stereocenters. The van der Waals surface area contributed by atoms with Crippen LogP contribution in [0.1, 0.15) is 32.3 Å². The maximum Gasteiger partial charge on any atom is 0.127 e. The van der Waals surface area contributed by atoms with Crippen LogP contribution in [0.5, 0.6) is 5.75 Å². The van der Waals surface area contributed by atoms with Crippen molar-refractivity contribution in [2.45, 2.75) is 39.3 Å². The molecule has 1 N–H and O–H groups in total. The summed E-state index contributed by atoms with van der Waals surface area (Å²) in [7, 11) is 1.60. The van der Waals surface area contributed by atoms with E-state index in [1.807, 2.05) is 0 Å². The Balaban J connectivity index is 1.98. The average molecular weight is 338 g/mol. The van der Waals surface area contributed by atoms with Crippen LogP contribution in [0.25, 0.3) is 0 Å². The van der Waals surface area contributed by atoms with Gasteiger partial charge < -0.3 is 9.84 Å². The van der Waals surface area contributed by atoms with E-state index < -0.39 is 0 Å². The monoisotopic (exact) mass is 338 g/mol. The van der Waals surface area contributed by atoms with Crippen LogP contribution in [-0.4, -0.2) is 60.8 Å². The molecule has 0 saturated carbocycles. The minimum absolute atomic E-state index is 0.184. The van der Waals surface area contributed by atoms with Gasteiger partial charge in [-0.15, -0.1) is 0 Å². The van der Waals surface area contributed by atoms with E-state index in [0.29, 0.717) is 29.8 Å². The minimum Gasteiger partial charge on any atom is -0.497 e. The lowest BCUT2D eigenvalue weighted by atomic mass is 10.0. The van der Waals surface area contributed by atoms with E-state index in [9.17, 15) is 9.50 Å². The van der Waals surface area contributed by atoms with Crippen molar-refractivity contribution >= 4 is 0 Å². The predicted molar refractivity (Wildman–Crippen MR) is 94.7 cm³/mol. The molecule has 0 aliphatic carbocycles. The minimum atomic E-state index is -0.184. The first kappa shape index (κ1) is 19.2. The van der Waals surface area contributed by atoms with E-state index in [0.717, 1.165) is 32.6 Å². The van der Waals surface area contributed by atoms with Crippen LogP contribution in [0.2, 0.25) is 0 Å². The second-order valence-corrected chi connectivity index (χ2v) is 7.08. The Morgan fingerprint density at radius 3 is 2.79 bits per heavy atom. The number of aliphatic hydroxyl groups is 1. The highest BCUT2D eigenvalue weighted by atomic mass is 19.1. The Morgan fingerprint density at radius 2 is 2.12 bits per heavy atom. The van der Waals surface area contributed by atoms with Gasteiger partial charge in [-0.25, -0.2) is 4.39 Å². The molecule has 2 rings (SSSR count). The summed E-state index contributed by atoms with van der Waals surface area (Å²) in [6.07, 6.45) is 1.95. The Morgan fingerprint density at radius 1 is 1.33 bits per heavy atom. The zero-order valence-corrected chi connectivity index (χ0v) is 15.2. The number of ether oxygens (including phenoxy) is 1. The van der Waals surface area contributed by atoms with Crippen molar-refractivity contribution in [2.24, 2.45) is 5.92 Å². The summed E-state index contributed by atoms with van der Waals surface area (Å²) in [5.74, 6) is 1.19. The second kappa shape index (κ2) is 9.35. The van der Waals surface area contributed by atoms with Gasteiger partial charge >= 0.3 is 0 Å². The van der Waals surface area contributed by atoms with E-state index in [1.54, 1.807) is 19.2 Å². The molecule has 1 aromatic rings. The molecule has 0 radical (unpaired) electrons. The lowest BCUT2D eigenvalue weighted by Crippen LogP contribution is -2.53. The first-order valence-electron chi connectivity index (χ1n) is 8.93. The second-order valence-electron chi connectivity index (χ2n) is 7.08. The molecule has 0 amide bonds. The average Bonchev–Trinajstić information content (AvgIpc) is 2.56. The standard InChI is InChI=1S/C19H31FN2O2/c1-15(2)6-8-22-10-9-21(14-17(22)7-11-23)13-16-12-18(24-3)4-5-19(16)20/h4-5,12,15,17,23H,6-11,13-14H2,1-3H3. The number of methoxy groups -OCH3 is 1. The summed E-state index contributed by atoms with van der Waals surface area (Å²) < 4.78 is 19.3. The molecule has 0 aromatic heterocycles. The van der Waals surface area contributed by atoms with Crippen LogP contribution in [0, 0.1) is 11.7 Å².